The third-order valence-electron chi connectivity index (χ3n) is 6.20. The third-order valence-corrected chi connectivity index (χ3v) is 6.89. The fraction of sp³-hybridized carbons (Fsp3) is 0.875. The van der Waals surface area contributed by atoms with Gasteiger partial charge in [-0.25, -0.2) is 0 Å². The molecular formula is C16H22Cl2O5. The highest BCUT2D eigenvalue weighted by atomic mass is 35.5. The molecule has 2 aliphatic carbocycles. The van der Waals surface area contributed by atoms with Gasteiger partial charge in [-0.2, -0.15) is 0 Å². The van der Waals surface area contributed by atoms with Crippen LogP contribution in [-0.4, -0.2) is 51.0 Å². The molecule has 0 aromatic heterocycles. The lowest BCUT2D eigenvalue weighted by atomic mass is 9.59. The normalized spacial score (nSPS) is 47.7. The van der Waals surface area contributed by atoms with Crippen molar-refractivity contribution in [1.82, 2.24) is 0 Å². The summed E-state index contributed by atoms with van der Waals surface area (Å²) in [5.74, 6) is -1.40. The predicted molar refractivity (Wildman–Crippen MR) is 84.4 cm³/mol. The molecule has 3 rings (SSSR count). The van der Waals surface area contributed by atoms with Crippen molar-refractivity contribution in [2.45, 2.75) is 62.2 Å². The second-order valence-electron chi connectivity index (χ2n) is 7.19. The lowest BCUT2D eigenvalue weighted by Crippen LogP contribution is -2.71. The number of alkyl halides is 2. The van der Waals surface area contributed by atoms with Gasteiger partial charge in [-0.05, 0) is 26.2 Å². The Labute approximate surface area is 145 Å². The Morgan fingerprint density at radius 1 is 1.39 bits per heavy atom. The number of carbonyl (C=O) groups is 2. The quantitative estimate of drug-likeness (QED) is 0.585. The first-order valence-corrected chi connectivity index (χ1v) is 9.09. The number of Topliss-reactive ketones (excluding diaryl/α,β-unsaturated/α-hetero) is 1. The highest BCUT2D eigenvalue weighted by Gasteiger charge is 2.79. The highest BCUT2D eigenvalue weighted by molar-refractivity contribution is 6.21. The third kappa shape index (κ3) is 2.20. The zero-order valence-electron chi connectivity index (χ0n) is 13.0. The van der Waals surface area contributed by atoms with Crippen molar-refractivity contribution in [2.24, 2.45) is 17.3 Å². The molecule has 130 valence electrons. The maximum absolute atomic E-state index is 12.4. The summed E-state index contributed by atoms with van der Waals surface area (Å²) < 4.78 is 5.37. The Balaban J connectivity index is 1.93. The van der Waals surface area contributed by atoms with Crippen LogP contribution < -0.4 is 0 Å². The summed E-state index contributed by atoms with van der Waals surface area (Å²) >= 11 is 11.9. The molecule has 1 aliphatic heterocycles. The van der Waals surface area contributed by atoms with Gasteiger partial charge in [0.1, 0.15) is 16.8 Å². The van der Waals surface area contributed by atoms with E-state index in [1.54, 1.807) is 6.92 Å². The van der Waals surface area contributed by atoms with Crippen LogP contribution >= 0.6 is 23.2 Å². The van der Waals surface area contributed by atoms with Crippen LogP contribution in [0.2, 0.25) is 0 Å². The van der Waals surface area contributed by atoms with Crippen LogP contribution in [0.3, 0.4) is 0 Å². The van der Waals surface area contributed by atoms with Gasteiger partial charge in [0.2, 0.25) is 0 Å². The maximum atomic E-state index is 12.4. The van der Waals surface area contributed by atoms with Crippen molar-refractivity contribution in [3.05, 3.63) is 0 Å². The fourth-order valence-electron chi connectivity index (χ4n) is 4.80. The van der Waals surface area contributed by atoms with Crippen LogP contribution in [0.25, 0.3) is 0 Å². The second kappa shape index (κ2) is 5.87. The molecule has 0 bridgehead atoms. The number of fused-ring (bicyclic) bond motifs is 1. The number of carbonyl (C=O) groups excluding carboxylic acids is 2. The van der Waals surface area contributed by atoms with Gasteiger partial charge in [-0.15, -0.1) is 23.2 Å². The van der Waals surface area contributed by atoms with Gasteiger partial charge in [-0.1, -0.05) is 6.42 Å². The van der Waals surface area contributed by atoms with E-state index in [4.69, 9.17) is 27.9 Å². The molecule has 0 unspecified atom stereocenters. The van der Waals surface area contributed by atoms with E-state index < -0.39 is 46.4 Å². The SMILES string of the molecule is C[C@@]12OC(=O)[C@]1([C@@H](O)[C@H]1CCC[C@H](Cl)[C@H]1O)CC(=O)[C@@H]2CCCl. The largest absolute Gasteiger partial charge is 0.457 e. The van der Waals surface area contributed by atoms with E-state index in [2.05, 4.69) is 0 Å². The van der Waals surface area contributed by atoms with Crippen molar-refractivity contribution in [1.29, 1.82) is 0 Å². The van der Waals surface area contributed by atoms with Crippen LogP contribution in [0.5, 0.6) is 0 Å². The lowest BCUT2D eigenvalue weighted by Gasteiger charge is -2.56. The first kappa shape index (κ1) is 17.5. The topological polar surface area (TPSA) is 83.8 Å². The van der Waals surface area contributed by atoms with E-state index in [0.717, 1.165) is 6.42 Å². The van der Waals surface area contributed by atoms with E-state index >= 15 is 0 Å². The minimum Gasteiger partial charge on any atom is -0.457 e. The number of aliphatic hydroxyl groups excluding tert-OH is 2. The Morgan fingerprint density at radius 3 is 2.70 bits per heavy atom. The number of ketones is 1. The number of hydrogen-bond acceptors (Lipinski definition) is 5. The molecule has 5 nitrogen and oxygen atoms in total. The van der Waals surface area contributed by atoms with E-state index in [1.165, 1.54) is 0 Å². The van der Waals surface area contributed by atoms with Crippen molar-refractivity contribution >= 4 is 35.0 Å². The number of rotatable bonds is 4. The summed E-state index contributed by atoms with van der Waals surface area (Å²) in [4.78, 5) is 24.7. The van der Waals surface area contributed by atoms with Crippen molar-refractivity contribution in [3.63, 3.8) is 0 Å². The van der Waals surface area contributed by atoms with Crippen LogP contribution in [0.4, 0.5) is 0 Å². The number of esters is 1. The number of aliphatic hydroxyl groups is 2. The molecule has 3 aliphatic rings. The predicted octanol–water partition coefficient (Wildman–Crippen LogP) is 1.64. The molecule has 2 N–H and O–H groups in total. The second-order valence-corrected chi connectivity index (χ2v) is 8.13. The maximum Gasteiger partial charge on any atom is 0.319 e. The Hall–Kier alpha value is -0.360. The van der Waals surface area contributed by atoms with Crippen molar-refractivity contribution < 1.29 is 24.5 Å². The molecule has 1 saturated heterocycles. The molecule has 2 saturated carbocycles. The summed E-state index contributed by atoms with van der Waals surface area (Å²) in [5, 5.41) is 20.9. The van der Waals surface area contributed by atoms with Gasteiger partial charge in [-0.3, -0.25) is 9.59 Å². The molecule has 1 heterocycles. The fourth-order valence-corrected chi connectivity index (χ4v) is 5.36. The molecule has 3 fully saturated rings. The number of hydrogen-bond donors (Lipinski definition) is 2. The summed E-state index contributed by atoms with van der Waals surface area (Å²) in [7, 11) is 0. The molecule has 0 aromatic rings. The summed E-state index contributed by atoms with van der Waals surface area (Å²) in [6.45, 7) is 1.70. The average molecular weight is 365 g/mol. The van der Waals surface area contributed by atoms with Gasteiger partial charge in [0, 0.05) is 18.2 Å². The van der Waals surface area contributed by atoms with Crippen LogP contribution in [0.15, 0.2) is 0 Å². The smallest absolute Gasteiger partial charge is 0.319 e. The minimum absolute atomic E-state index is 0.0543. The molecule has 0 radical (unpaired) electrons. The monoisotopic (exact) mass is 364 g/mol. The van der Waals surface area contributed by atoms with Crippen LogP contribution in [0, 0.1) is 17.3 Å². The molecular weight excluding hydrogens is 343 g/mol. The zero-order valence-corrected chi connectivity index (χ0v) is 14.5. The summed E-state index contributed by atoms with van der Waals surface area (Å²) in [6.07, 6.45) is 0.336. The average Bonchev–Trinajstić information content (AvgIpc) is 2.67. The van der Waals surface area contributed by atoms with Gasteiger partial charge >= 0.3 is 5.97 Å². The standard InChI is InChI=1S/C16H22Cl2O5/c1-15-9(5-6-17)11(19)7-16(15,14(22)23-15)13(21)8-3-2-4-10(18)12(8)20/h8-10,12-13,20-21H,2-7H2,1H3/t8-,9-,10-,12-,13-,15-,16+/m0/s1. The van der Waals surface area contributed by atoms with Gasteiger partial charge in [0.05, 0.1) is 23.5 Å². The van der Waals surface area contributed by atoms with Crippen LogP contribution in [0.1, 0.15) is 39.0 Å². The van der Waals surface area contributed by atoms with E-state index in [1.807, 2.05) is 0 Å². The molecule has 0 amide bonds. The van der Waals surface area contributed by atoms with E-state index in [-0.39, 0.29) is 18.1 Å². The van der Waals surface area contributed by atoms with Gasteiger partial charge in [0.15, 0.2) is 0 Å². The minimum atomic E-state index is -1.28. The first-order valence-electron chi connectivity index (χ1n) is 8.12. The van der Waals surface area contributed by atoms with Crippen molar-refractivity contribution in [2.75, 3.05) is 5.88 Å². The van der Waals surface area contributed by atoms with E-state index in [9.17, 15) is 19.8 Å². The molecule has 0 spiro atoms. The summed E-state index contributed by atoms with van der Waals surface area (Å²) in [5.41, 5.74) is -2.32. The number of halogens is 2. The first-order chi connectivity index (χ1) is 10.8. The molecule has 0 aromatic carbocycles. The van der Waals surface area contributed by atoms with Gasteiger partial charge in [0.25, 0.3) is 0 Å². The Kier molecular flexibility index (Phi) is 4.45. The van der Waals surface area contributed by atoms with Gasteiger partial charge < -0.3 is 14.9 Å². The van der Waals surface area contributed by atoms with Crippen molar-refractivity contribution in [3.8, 4) is 0 Å². The summed E-state index contributed by atoms with van der Waals surface area (Å²) in [6, 6.07) is 0. The molecule has 23 heavy (non-hydrogen) atoms. The molecule has 7 atom stereocenters. The van der Waals surface area contributed by atoms with E-state index in [0.29, 0.717) is 19.3 Å². The zero-order chi connectivity index (χ0) is 17.0. The molecule has 7 heteroatoms. The Morgan fingerprint density at radius 2 is 2.09 bits per heavy atom. The Bertz CT molecular complexity index is 527. The lowest BCUT2D eigenvalue weighted by molar-refractivity contribution is -0.268. The van der Waals surface area contributed by atoms with Crippen LogP contribution in [-0.2, 0) is 14.3 Å². The number of ether oxygens (including phenoxy) is 1. The highest BCUT2D eigenvalue weighted by Crippen LogP contribution is 2.63.